The second kappa shape index (κ2) is 15.0. The van der Waals surface area contributed by atoms with Gasteiger partial charge in [0.15, 0.2) is 6.61 Å². The van der Waals surface area contributed by atoms with Gasteiger partial charge in [0.25, 0.3) is 11.8 Å². The Morgan fingerprint density at radius 2 is 1.65 bits per heavy atom. The number of halogens is 4. The molecule has 4 saturated carbocycles. The summed E-state index contributed by atoms with van der Waals surface area (Å²) < 4.78 is 43.7. The van der Waals surface area contributed by atoms with Crippen molar-refractivity contribution in [2.24, 2.45) is 23.2 Å². The van der Waals surface area contributed by atoms with Crippen molar-refractivity contribution in [1.82, 2.24) is 25.6 Å². The third-order valence-corrected chi connectivity index (χ3v) is 11.3. The first-order valence-electron chi connectivity index (χ1n) is 17.7. The molecule has 2 aromatic carbocycles. The lowest BCUT2D eigenvalue weighted by Crippen LogP contribution is -2.61. The van der Waals surface area contributed by atoms with Gasteiger partial charge >= 0.3 is 18.2 Å². The molecule has 0 unspecified atom stereocenters. The fourth-order valence-electron chi connectivity index (χ4n) is 7.58. The van der Waals surface area contributed by atoms with Crippen molar-refractivity contribution in [3.8, 4) is 6.01 Å². The number of nitrogens with one attached hydrogen (secondary N) is 4. The van der Waals surface area contributed by atoms with E-state index in [-0.39, 0.29) is 47.7 Å². The van der Waals surface area contributed by atoms with Crippen LogP contribution in [0.15, 0.2) is 48.5 Å². The largest absolute Gasteiger partial charge is 0.480 e. The van der Waals surface area contributed by atoms with Gasteiger partial charge in [0, 0.05) is 28.7 Å². The standard InChI is InChI=1S/C37H41ClF3N7O6/c1-19-25-16-22(35(25,2)3)17-27(19)44-30(51)28(49)13-12-26(31(52)53)43-29(50)20-4-10-24(11-5-20)42-32-45-33(47-34(46-32)54-18-37(39,40)41)48-36(14-15-36)21-6-8-23(38)9-7-21/h4-11,19,22,25-27H,12-18H2,1-3H3,(H,43,50)(H,44,51)(H,52,53)(H2,42,45,46,47,48)/t19-,22-,25+,26+,27+/m1/s1. The van der Waals surface area contributed by atoms with Gasteiger partial charge in [0.2, 0.25) is 17.7 Å². The average molecular weight is 772 g/mol. The number of ether oxygens (including phenoxy) is 1. The van der Waals surface area contributed by atoms with Crippen LogP contribution >= 0.6 is 11.6 Å². The van der Waals surface area contributed by atoms with Crippen LogP contribution in [0.25, 0.3) is 0 Å². The van der Waals surface area contributed by atoms with Crippen molar-refractivity contribution in [1.29, 1.82) is 0 Å². The fourth-order valence-corrected chi connectivity index (χ4v) is 7.71. The van der Waals surface area contributed by atoms with E-state index in [2.05, 4.69) is 57.0 Å². The van der Waals surface area contributed by atoms with Gasteiger partial charge in [-0.3, -0.25) is 14.4 Å². The highest BCUT2D eigenvalue weighted by Crippen LogP contribution is 2.61. The normalized spacial score (nSPS) is 22.5. The number of Topliss-reactive ketones (excluding diaryl/α,β-unsaturated/α-hetero) is 1. The summed E-state index contributed by atoms with van der Waals surface area (Å²) in [6.45, 7) is 4.92. The number of aromatic nitrogens is 3. The molecule has 288 valence electrons. The number of benzene rings is 2. The monoisotopic (exact) mass is 771 g/mol. The van der Waals surface area contributed by atoms with E-state index < -0.39 is 53.9 Å². The van der Waals surface area contributed by atoms with Crippen LogP contribution in [-0.4, -0.2) is 68.5 Å². The Morgan fingerprint density at radius 1 is 0.981 bits per heavy atom. The molecule has 1 aromatic heterocycles. The van der Waals surface area contributed by atoms with Gasteiger partial charge in [-0.05, 0) is 97.2 Å². The van der Waals surface area contributed by atoms with Crippen molar-refractivity contribution >= 4 is 52.8 Å². The fraction of sp³-hybridized carbons (Fsp3) is 0.486. The quantitative estimate of drug-likeness (QED) is 0.114. The topological polar surface area (TPSA) is 185 Å². The maximum Gasteiger partial charge on any atom is 0.422 e. The van der Waals surface area contributed by atoms with Crippen LogP contribution in [0, 0.1) is 23.2 Å². The van der Waals surface area contributed by atoms with Crippen molar-refractivity contribution in [3.63, 3.8) is 0 Å². The van der Waals surface area contributed by atoms with Gasteiger partial charge in [-0.1, -0.05) is 44.5 Å². The van der Waals surface area contributed by atoms with Gasteiger partial charge in [-0.25, -0.2) is 4.79 Å². The van der Waals surface area contributed by atoms with Crippen LogP contribution in [-0.2, 0) is 19.9 Å². The molecule has 4 aliphatic rings. The summed E-state index contributed by atoms with van der Waals surface area (Å²) in [5.74, 6) is -2.63. The number of nitrogens with zero attached hydrogens (tertiary/aromatic N) is 3. The molecule has 5 N–H and O–H groups in total. The molecule has 13 nitrogen and oxygen atoms in total. The minimum absolute atomic E-state index is 0.0344. The number of carbonyl (C=O) groups is 4. The zero-order valence-corrected chi connectivity index (χ0v) is 30.6. The molecule has 54 heavy (non-hydrogen) atoms. The van der Waals surface area contributed by atoms with Gasteiger partial charge in [-0.2, -0.15) is 28.1 Å². The molecule has 7 rings (SSSR count). The number of rotatable bonds is 15. The second-order valence-electron chi connectivity index (χ2n) is 14.9. The van der Waals surface area contributed by atoms with Crippen LogP contribution in [0.2, 0.25) is 5.02 Å². The second-order valence-corrected chi connectivity index (χ2v) is 15.4. The number of fused-ring (bicyclic) bond motifs is 2. The Morgan fingerprint density at radius 3 is 2.24 bits per heavy atom. The molecule has 0 radical (unpaired) electrons. The molecule has 17 heteroatoms. The van der Waals surface area contributed by atoms with E-state index in [1.54, 1.807) is 12.1 Å². The molecular weight excluding hydrogens is 731 g/mol. The number of anilines is 3. The number of alkyl halides is 3. The minimum Gasteiger partial charge on any atom is -0.480 e. The van der Waals surface area contributed by atoms with Crippen molar-refractivity contribution < 1.29 is 42.2 Å². The number of hydrogen-bond acceptors (Lipinski definition) is 10. The molecular formula is C37H41ClF3N7O6. The van der Waals surface area contributed by atoms with Crippen LogP contribution in [0.1, 0.15) is 75.2 Å². The summed E-state index contributed by atoms with van der Waals surface area (Å²) in [6.07, 6.45) is -1.98. The SMILES string of the molecule is C[C@H]1[C@@H](NC(=O)C(=O)CC[C@H](NC(=O)c2ccc(Nc3nc(NC4(c5ccc(Cl)cc5)CC4)nc(OCC(F)(F)F)n3)cc2)C(=O)O)C[C@H]2C[C@@H]1C2(C)C. The Bertz CT molecular complexity index is 1910. The molecule has 5 atom stereocenters. The third-order valence-electron chi connectivity index (χ3n) is 11.1. The molecule has 2 amide bonds. The van der Waals surface area contributed by atoms with Gasteiger partial charge in [0.05, 0.1) is 5.54 Å². The van der Waals surface area contributed by atoms with E-state index >= 15 is 0 Å². The van der Waals surface area contributed by atoms with E-state index in [0.29, 0.717) is 35.4 Å². The van der Waals surface area contributed by atoms with E-state index in [4.69, 9.17) is 16.3 Å². The predicted octanol–water partition coefficient (Wildman–Crippen LogP) is 6.03. The minimum atomic E-state index is -4.64. The molecule has 0 aliphatic heterocycles. The number of aliphatic carboxylic acids is 1. The summed E-state index contributed by atoms with van der Waals surface area (Å²) in [7, 11) is 0. The first kappa shape index (κ1) is 38.7. The Kier molecular flexibility index (Phi) is 10.8. The number of carboxylic acids is 1. The lowest BCUT2D eigenvalue weighted by molar-refractivity contribution is -0.154. The Hall–Kier alpha value is -4.99. The zero-order chi connectivity index (χ0) is 39.0. The van der Waals surface area contributed by atoms with E-state index in [1.165, 1.54) is 24.3 Å². The predicted molar refractivity (Wildman–Crippen MR) is 191 cm³/mol. The molecule has 1 heterocycles. The molecule has 4 aliphatic carbocycles. The summed E-state index contributed by atoms with van der Waals surface area (Å²) in [6, 6.07) is 10.7. The highest BCUT2D eigenvalue weighted by atomic mass is 35.5. The first-order valence-corrected chi connectivity index (χ1v) is 18.0. The maximum atomic E-state index is 13.0. The zero-order valence-electron chi connectivity index (χ0n) is 29.8. The van der Waals surface area contributed by atoms with Crippen molar-refractivity contribution in [2.75, 3.05) is 17.2 Å². The Balaban J connectivity index is 1.06. The van der Waals surface area contributed by atoms with Crippen LogP contribution in [0.5, 0.6) is 6.01 Å². The lowest BCUT2D eigenvalue weighted by atomic mass is 9.45. The summed E-state index contributed by atoms with van der Waals surface area (Å²) >= 11 is 6.03. The lowest BCUT2D eigenvalue weighted by Gasteiger charge is -2.62. The van der Waals surface area contributed by atoms with Crippen molar-refractivity contribution in [2.45, 2.75) is 83.1 Å². The summed E-state index contributed by atoms with van der Waals surface area (Å²) in [5.41, 5.74) is 0.960. The smallest absolute Gasteiger partial charge is 0.422 e. The van der Waals surface area contributed by atoms with Gasteiger partial charge < -0.3 is 31.1 Å². The number of amides is 2. The van der Waals surface area contributed by atoms with Crippen LogP contribution in [0.3, 0.4) is 0 Å². The number of ketones is 1. The highest BCUT2D eigenvalue weighted by Gasteiger charge is 2.56. The van der Waals surface area contributed by atoms with E-state index in [9.17, 15) is 37.5 Å². The summed E-state index contributed by atoms with van der Waals surface area (Å²) in [5, 5.41) is 21.6. The molecule has 4 fully saturated rings. The molecule has 3 aromatic rings. The van der Waals surface area contributed by atoms with E-state index in [1.807, 2.05) is 12.1 Å². The van der Waals surface area contributed by atoms with Crippen LogP contribution < -0.4 is 26.0 Å². The Labute approximate surface area is 314 Å². The number of carboxylic acid groups (broad SMARTS) is 1. The van der Waals surface area contributed by atoms with E-state index in [0.717, 1.165) is 18.4 Å². The van der Waals surface area contributed by atoms with Crippen LogP contribution in [0.4, 0.5) is 30.8 Å². The molecule has 0 spiro atoms. The number of carbonyl (C=O) groups excluding carboxylic acids is 3. The summed E-state index contributed by atoms with van der Waals surface area (Å²) in [4.78, 5) is 62.7. The number of hydrogen-bond donors (Lipinski definition) is 5. The van der Waals surface area contributed by atoms with Gasteiger partial charge in [0.1, 0.15) is 6.04 Å². The maximum absolute atomic E-state index is 13.0. The van der Waals surface area contributed by atoms with Crippen molar-refractivity contribution in [3.05, 3.63) is 64.7 Å². The molecule has 0 saturated heterocycles. The molecule has 2 bridgehead atoms. The first-order chi connectivity index (χ1) is 25.4. The van der Waals surface area contributed by atoms with Gasteiger partial charge in [-0.15, -0.1) is 0 Å². The highest BCUT2D eigenvalue weighted by molar-refractivity contribution is 6.36. The average Bonchev–Trinajstić information content (AvgIpc) is 3.89. The third kappa shape index (κ3) is 8.86.